The van der Waals surface area contributed by atoms with Crippen LogP contribution in [-0.4, -0.2) is 48.3 Å². The van der Waals surface area contributed by atoms with Gasteiger partial charge in [-0.05, 0) is 11.6 Å². The molecule has 0 amide bonds. The Morgan fingerprint density at radius 2 is 2.00 bits per heavy atom. The maximum Gasteiger partial charge on any atom is 0.307 e. The number of ether oxygens (including phenoxy) is 1. The summed E-state index contributed by atoms with van der Waals surface area (Å²) in [5.74, 6) is -1.01. The molecular weight excluding hydrogens is 286 g/mol. The lowest BCUT2D eigenvalue weighted by Crippen LogP contribution is -2.49. The number of hydrogen-bond donors (Lipinski definition) is 0. The molecule has 2 heterocycles. The van der Waals surface area contributed by atoms with Gasteiger partial charge in [-0.2, -0.15) is 0 Å². The van der Waals surface area contributed by atoms with E-state index < -0.39 is 12.0 Å². The van der Waals surface area contributed by atoms with Gasteiger partial charge in [-0.1, -0.05) is 18.2 Å². The Morgan fingerprint density at radius 3 is 2.68 bits per heavy atom. The van der Waals surface area contributed by atoms with E-state index in [-0.39, 0.29) is 11.5 Å². The Balaban J connectivity index is 1.91. The number of carbonyl (C=O) groups is 1. The van der Waals surface area contributed by atoms with Crippen LogP contribution in [0.1, 0.15) is 17.4 Å². The highest BCUT2D eigenvalue weighted by Crippen LogP contribution is 2.16. The smallest absolute Gasteiger partial charge is 0.307 e. The monoisotopic (exact) mass is 303 g/mol. The van der Waals surface area contributed by atoms with Gasteiger partial charge in [0.2, 0.25) is 11.5 Å². The Morgan fingerprint density at radius 1 is 1.32 bits per heavy atom. The molecule has 0 radical (unpaired) electrons. The summed E-state index contributed by atoms with van der Waals surface area (Å²) in [5, 5.41) is 15.6. The van der Waals surface area contributed by atoms with Crippen molar-refractivity contribution in [2.45, 2.75) is 13.0 Å². The van der Waals surface area contributed by atoms with Gasteiger partial charge in [0, 0.05) is 25.2 Å². The standard InChI is InChI=1S/C15H17N3O4/c1-11(17-7-9-21-10-8-17)14(19)13-15(20)22-16-18(13)12-5-3-2-4-6-12/h2-6,11H,7-10H2,1H3. The third-order valence-corrected chi connectivity index (χ3v) is 3.82. The zero-order valence-electron chi connectivity index (χ0n) is 12.3. The summed E-state index contributed by atoms with van der Waals surface area (Å²) in [5.41, 5.74) is 0.566. The molecule has 0 bridgehead atoms. The first-order valence-corrected chi connectivity index (χ1v) is 7.19. The highest BCUT2D eigenvalue weighted by molar-refractivity contribution is 5.98. The summed E-state index contributed by atoms with van der Waals surface area (Å²) in [6.07, 6.45) is 0. The molecule has 3 rings (SSSR count). The number of hydrogen-bond acceptors (Lipinski definition) is 6. The summed E-state index contributed by atoms with van der Waals surface area (Å²) in [7, 11) is 0. The van der Waals surface area contributed by atoms with Crippen LogP contribution in [0.4, 0.5) is 0 Å². The summed E-state index contributed by atoms with van der Waals surface area (Å²) in [6.45, 7) is 4.29. The fraction of sp³-hybridized carbons (Fsp3) is 0.400. The predicted molar refractivity (Wildman–Crippen MR) is 73.7 cm³/mol. The summed E-state index contributed by atoms with van der Waals surface area (Å²) in [6, 6.07) is 8.56. The van der Waals surface area contributed by atoms with Crippen molar-refractivity contribution in [1.82, 2.24) is 10.2 Å². The van der Waals surface area contributed by atoms with Gasteiger partial charge in [-0.15, -0.1) is 0 Å². The van der Waals surface area contributed by atoms with E-state index in [0.29, 0.717) is 32.0 Å². The first-order valence-electron chi connectivity index (χ1n) is 7.19. The SMILES string of the molecule is CC(C(=O)c1c([O-])on[n+]1-c1ccccc1)N1CCOCC1. The maximum absolute atomic E-state index is 12.7. The Bertz CT molecular complexity index is 650. The average molecular weight is 303 g/mol. The average Bonchev–Trinajstić information content (AvgIpc) is 2.96. The molecule has 2 aromatic rings. The van der Waals surface area contributed by atoms with Crippen LogP contribution < -0.4 is 9.79 Å². The van der Waals surface area contributed by atoms with Gasteiger partial charge in [0.15, 0.2) is 5.95 Å². The molecule has 0 spiro atoms. The van der Waals surface area contributed by atoms with Crippen molar-refractivity contribution in [3.8, 4) is 11.6 Å². The minimum absolute atomic E-state index is 0.0507. The second-order valence-corrected chi connectivity index (χ2v) is 5.14. The summed E-state index contributed by atoms with van der Waals surface area (Å²) < 4.78 is 11.3. The minimum atomic E-state index is -0.714. The largest absolute Gasteiger partial charge is 0.539 e. The molecule has 0 aliphatic carbocycles. The molecule has 1 unspecified atom stereocenters. The normalized spacial score (nSPS) is 17.3. The quantitative estimate of drug-likeness (QED) is 0.581. The number of Topliss-reactive ketones (excluding diaryl/α,β-unsaturated/α-hetero) is 1. The van der Waals surface area contributed by atoms with Crippen LogP contribution in [0.5, 0.6) is 5.95 Å². The van der Waals surface area contributed by atoms with Gasteiger partial charge >= 0.3 is 5.69 Å². The number of ketones is 1. The highest BCUT2D eigenvalue weighted by atomic mass is 16.6. The number of benzene rings is 1. The van der Waals surface area contributed by atoms with Crippen LogP contribution in [0.25, 0.3) is 5.69 Å². The highest BCUT2D eigenvalue weighted by Gasteiger charge is 2.34. The van der Waals surface area contributed by atoms with E-state index in [2.05, 4.69) is 5.27 Å². The van der Waals surface area contributed by atoms with Gasteiger partial charge in [0.1, 0.15) is 0 Å². The first-order chi connectivity index (χ1) is 10.7. The molecule has 7 heteroatoms. The third kappa shape index (κ3) is 2.72. The molecule has 1 aromatic heterocycles. The van der Waals surface area contributed by atoms with Crippen molar-refractivity contribution in [3.63, 3.8) is 0 Å². The second-order valence-electron chi connectivity index (χ2n) is 5.14. The van der Waals surface area contributed by atoms with E-state index in [4.69, 9.17) is 9.26 Å². The van der Waals surface area contributed by atoms with Crippen molar-refractivity contribution >= 4 is 5.78 Å². The predicted octanol–water partition coefficient (Wildman–Crippen LogP) is -0.0717. The van der Waals surface area contributed by atoms with Crippen molar-refractivity contribution in [3.05, 3.63) is 36.0 Å². The van der Waals surface area contributed by atoms with Gasteiger partial charge in [-0.3, -0.25) is 9.69 Å². The van der Waals surface area contributed by atoms with Gasteiger partial charge in [0.25, 0.3) is 0 Å². The lowest BCUT2D eigenvalue weighted by molar-refractivity contribution is -0.672. The number of rotatable bonds is 4. The maximum atomic E-state index is 12.7. The molecular formula is C15H17N3O4. The second kappa shape index (κ2) is 6.25. The van der Waals surface area contributed by atoms with E-state index in [1.807, 2.05) is 11.0 Å². The van der Waals surface area contributed by atoms with E-state index in [0.717, 1.165) is 0 Å². The molecule has 0 N–H and O–H groups in total. The van der Waals surface area contributed by atoms with Gasteiger partial charge in [-0.25, -0.2) is 0 Å². The van der Waals surface area contributed by atoms with Gasteiger partial charge < -0.3 is 14.4 Å². The molecule has 1 saturated heterocycles. The first kappa shape index (κ1) is 14.7. The Hall–Kier alpha value is -2.25. The molecule has 0 saturated carbocycles. The lowest BCUT2D eigenvalue weighted by Gasteiger charge is -2.30. The van der Waals surface area contributed by atoms with Crippen LogP contribution in [0, 0.1) is 0 Å². The number of morpholine rings is 1. The summed E-state index contributed by atoms with van der Waals surface area (Å²) >= 11 is 0. The molecule has 1 aromatic carbocycles. The zero-order chi connectivity index (χ0) is 15.5. The fourth-order valence-corrected chi connectivity index (χ4v) is 2.53. The third-order valence-electron chi connectivity index (χ3n) is 3.82. The van der Waals surface area contributed by atoms with E-state index in [1.54, 1.807) is 31.2 Å². The summed E-state index contributed by atoms with van der Waals surface area (Å²) in [4.78, 5) is 14.7. The zero-order valence-corrected chi connectivity index (χ0v) is 12.3. The van der Waals surface area contributed by atoms with Crippen molar-refractivity contribution < 1.29 is 23.8 Å². The molecule has 1 aliphatic rings. The molecule has 116 valence electrons. The fourth-order valence-electron chi connectivity index (χ4n) is 2.53. The topological polar surface area (TPSA) is 82.5 Å². The van der Waals surface area contributed by atoms with Crippen LogP contribution >= 0.6 is 0 Å². The molecule has 1 atom stereocenters. The van der Waals surface area contributed by atoms with Crippen LogP contribution in [0.3, 0.4) is 0 Å². The van der Waals surface area contributed by atoms with Crippen LogP contribution in [0.15, 0.2) is 34.9 Å². The molecule has 22 heavy (non-hydrogen) atoms. The molecule has 1 fully saturated rings. The van der Waals surface area contributed by atoms with Crippen LogP contribution in [0.2, 0.25) is 0 Å². The number of carbonyl (C=O) groups excluding carboxylic acids is 1. The van der Waals surface area contributed by atoms with Crippen molar-refractivity contribution in [1.29, 1.82) is 0 Å². The Kier molecular flexibility index (Phi) is 4.17. The van der Waals surface area contributed by atoms with Crippen molar-refractivity contribution in [2.24, 2.45) is 0 Å². The lowest BCUT2D eigenvalue weighted by atomic mass is 10.1. The van der Waals surface area contributed by atoms with Crippen molar-refractivity contribution in [2.75, 3.05) is 26.3 Å². The van der Waals surface area contributed by atoms with E-state index in [1.165, 1.54) is 4.68 Å². The van der Waals surface area contributed by atoms with Crippen LogP contribution in [-0.2, 0) is 4.74 Å². The number of para-hydroxylation sites is 1. The number of aromatic nitrogens is 2. The molecule has 1 aliphatic heterocycles. The Labute approximate surface area is 127 Å². The molecule has 7 nitrogen and oxygen atoms in total. The minimum Gasteiger partial charge on any atom is -0.539 e. The van der Waals surface area contributed by atoms with E-state index in [9.17, 15) is 9.90 Å². The van der Waals surface area contributed by atoms with Gasteiger partial charge in [0.05, 0.1) is 24.5 Å². The van der Waals surface area contributed by atoms with E-state index >= 15 is 0 Å². The number of nitrogens with zero attached hydrogens (tertiary/aromatic N) is 3.